The average molecular weight is 465 g/mol. The maximum Gasteiger partial charge on any atom is 0.419 e. The monoisotopic (exact) mass is 465 g/mol. The minimum absolute atomic E-state index is 0.0256. The normalized spacial score (nSPS) is 14.1. The molecule has 1 aromatic heterocycles. The smallest absolute Gasteiger partial charge is 0.396 e. The van der Waals surface area contributed by atoms with Crippen molar-refractivity contribution in [1.82, 2.24) is 10.2 Å². The van der Waals surface area contributed by atoms with Crippen LogP contribution in [0.3, 0.4) is 0 Å². The molecule has 0 saturated carbocycles. The van der Waals surface area contributed by atoms with Crippen LogP contribution in [0, 0.1) is 12.7 Å². The summed E-state index contributed by atoms with van der Waals surface area (Å²) >= 11 is 0. The lowest BCUT2D eigenvalue weighted by Crippen LogP contribution is -2.36. The molecule has 2 heterocycles. The zero-order valence-electron chi connectivity index (χ0n) is 18.8. The highest BCUT2D eigenvalue weighted by atomic mass is 19.4. The summed E-state index contributed by atoms with van der Waals surface area (Å²) < 4.78 is 58.5. The molecule has 0 atom stereocenters. The number of morpholine rings is 1. The number of hydrogen-bond acceptors (Lipinski definition) is 6. The van der Waals surface area contributed by atoms with Gasteiger partial charge in [0.1, 0.15) is 0 Å². The molecule has 1 saturated heterocycles. The van der Waals surface area contributed by atoms with Crippen LogP contribution in [0.25, 0.3) is 10.8 Å². The first-order valence-electron chi connectivity index (χ1n) is 10.7. The second-order valence-corrected chi connectivity index (χ2v) is 7.36. The minimum atomic E-state index is -4.84. The first-order valence-corrected chi connectivity index (χ1v) is 10.7. The van der Waals surface area contributed by atoms with Gasteiger partial charge in [0.05, 0.1) is 30.2 Å². The molecule has 0 bridgehead atoms. The topological polar surface area (TPSA) is 76.3 Å². The van der Waals surface area contributed by atoms with Crippen molar-refractivity contribution in [3.05, 3.63) is 53.0 Å². The third kappa shape index (κ3) is 5.44. The van der Waals surface area contributed by atoms with Crippen molar-refractivity contribution in [3.8, 4) is 0 Å². The van der Waals surface area contributed by atoms with Crippen molar-refractivity contribution in [3.63, 3.8) is 0 Å². The van der Waals surface area contributed by atoms with E-state index in [1.54, 1.807) is 0 Å². The van der Waals surface area contributed by atoms with E-state index in [2.05, 4.69) is 20.4 Å². The Hall–Kier alpha value is -3.14. The highest BCUT2D eigenvalue weighted by molar-refractivity contribution is 5.95. The highest BCUT2D eigenvalue weighted by Crippen LogP contribution is 2.35. The Morgan fingerprint density at radius 1 is 1.06 bits per heavy atom. The van der Waals surface area contributed by atoms with Crippen molar-refractivity contribution in [2.24, 2.45) is 0 Å². The van der Waals surface area contributed by atoms with Crippen LogP contribution >= 0.6 is 0 Å². The number of benzene rings is 2. The van der Waals surface area contributed by atoms with E-state index in [9.17, 15) is 17.6 Å². The van der Waals surface area contributed by atoms with Gasteiger partial charge in [0.25, 0.3) is 0 Å². The molecule has 6 nitrogen and oxygen atoms in total. The molecular weight excluding hydrogens is 438 g/mol. The van der Waals surface area contributed by atoms with Gasteiger partial charge in [-0.1, -0.05) is 19.9 Å². The SMILES string of the molecule is CC.Cc1nnc(NCc2cc(N)c(F)c(C(F)(F)F)c2)c2cc(N3CCOCC3)ccc12. The lowest BCUT2D eigenvalue weighted by atomic mass is 10.1. The standard InChI is InChI=1S/C21H21F4N5O.C2H6/c1-12-15-3-2-14(30-4-6-31-7-5-30)10-16(15)20(29-28-12)27-11-13-8-17(21(23,24)25)19(22)18(26)9-13;1-2/h2-3,8-10H,4-7,11,26H2,1H3,(H,27,29);1-2H3. The summed E-state index contributed by atoms with van der Waals surface area (Å²) in [7, 11) is 0. The molecule has 1 fully saturated rings. The Labute approximate surface area is 189 Å². The Bertz CT molecular complexity index is 1110. The summed E-state index contributed by atoms with van der Waals surface area (Å²) in [5.74, 6) is -1.04. The number of hydrogen-bond donors (Lipinski definition) is 2. The number of nitrogens with zero attached hydrogens (tertiary/aromatic N) is 3. The molecule has 0 spiro atoms. The van der Waals surface area contributed by atoms with Crippen molar-refractivity contribution in [2.45, 2.75) is 33.5 Å². The van der Waals surface area contributed by atoms with Gasteiger partial charge in [0, 0.05) is 36.1 Å². The number of halogens is 4. The zero-order valence-corrected chi connectivity index (χ0v) is 18.8. The summed E-state index contributed by atoms with van der Waals surface area (Å²) in [5.41, 5.74) is 5.43. The maximum absolute atomic E-state index is 13.8. The number of alkyl halides is 3. The summed E-state index contributed by atoms with van der Waals surface area (Å²) in [4.78, 5) is 2.19. The number of anilines is 3. The second kappa shape index (κ2) is 10.2. The fourth-order valence-electron chi connectivity index (χ4n) is 3.63. The van der Waals surface area contributed by atoms with Crippen LogP contribution in [0.5, 0.6) is 0 Å². The molecule has 0 aliphatic carbocycles. The van der Waals surface area contributed by atoms with Crippen molar-refractivity contribution >= 4 is 28.0 Å². The van der Waals surface area contributed by atoms with E-state index in [1.807, 2.05) is 39.0 Å². The highest BCUT2D eigenvalue weighted by Gasteiger charge is 2.35. The van der Waals surface area contributed by atoms with Gasteiger partial charge in [-0.05, 0) is 36.8 Å². The van der Waals surface area contributed by atoms with E-state index < -0.39 is 23.2 Å². The number of nitrogens with two attached hydrogens (primary N) is 1. The summed E-state index contributed by atoms with van der Waals surface area (Å²) in [5, 5.41) is 13.0. The fraction of sp³-hybridized carbons (Fsp3) is 0.391. The van der Waals surface area contributed by atoms with Gasteiger partial charge in [-0.2, -0.15) is 18.3 Å². The van der Waals surface area contributed by atoms with Gasteiger partial charge in [0.2, 0.25) is 0 Å². The lowest BCUT2D eigenvalue weighted by molar-refractivity contribution is -0.139. The number of aromatic nitrogens is 2. The number of nitrogens with one attached hydrogen (secondary N) is 1. The number of rotatable bonds is 4. The molecule has 3 N–H and O–H groups in total. The molecule has 0 amide bonds. The summed E-state index contributed by atoms with van der Waals surface area (Å²) in [6.45, 7) is 8.63. The van der Waals surface area contributed by atoms with Crippen LogP contribution in [0.4, 0.5) is 34.8 Å². The zero-order chi connectivity index (χ0) is 24.2. The second-order valence-electron chi connectivity index (χ2n) is 7.36. The third-order valence-corrected chi connectivity index (χ3v) is 5.25. The number of aryl methyl sites for hydroxylation is 1. The predicted molar refractivity (Wildman–Crippen MR) is 122 cm³/mol. The molecule has 3 aromatic rings. The van der Waals surface area contributed by atoms with E-state index >= 15 is 0 Å². The minimum Gasteiger partial charge on any atom is -0.396 e. The predicted octanol–water partition coefficient (Wildman–Crippen LogP) is 5.15. The summed E-state index contributed by atoms with van der Waals surface area (Å²) in [6.07, 6.45) is -4.84. The number of fused-ring (bicyclic) bond motifs is 1. The van der Waals surface area contributed by atoms with Crippen molar-refractivity contribution in [2.75, 3.05) is 42.3 Å². The molecule has 10 heteroatoms. The Balaban J connectivity index is 0.00000149. The maximum atomic E-state index is 13.8. The van der Waals surface area contributed by atoms with Gasteiger partial charge < -0.3 is 20.7 Å². The van der Waals surface area contributed by atoms with Gasteiger partial charge in [-0.3, -0.25) is 0 Å². The van der Waals surface area contributed by atoms with Crippen LogP contribution < -0.4 is 16.0 Å². The van der Waals surface area contributed by atoms with E-state index in [-0.39, 0.29) is 12.1 Å². The number of ether oxygens (including phenoxy) is 1. The van der Waals surface area contributed by atoms with Crippen LogP contribution in [0.1, 0.15) is 30.7 Å². The third-order valence-electron chi connectivity index (χ3n) is 5.25. The molecule has 4 rings (SSSR count). The van der Waals surface area contributed by atoms with Gasteiger partial charge in [-0.25, -0.2) is 4.39 Å². The van der Waals surface area contributed by atoms with Crippen LogP contribution in [0.2, 0.25) is 0 Å². The lowest BCUT2D eigenvalue weighted by Gasteiger charge is -2.29. The van der Waals surface area contributed by atoms with Crippen LogP contribution in [-0.4, -0.2) is 36.5 Å². The van der Waals surface area contributed by atoms with E-state index in [0.29, 0.717) is 19.0 Å². The van der Waals surface area contributed by atoms with E-state index in [1.165, 1.54) is 6.07 Å². The molecule has 178 valence electrons. The van der Waals surface area contributed by atoms with Crippen LogP contribution in [-0.2, 0) is 17.5 Å². The van der Waals surface area contributed by atoms with Crippen molar-refractivity contribution in [1.29, 1.82) is 0 Å². The van der Waals surface area contributed by atoms with Crippen LogP contribution in [0.15, 0.2) is 30.3 Å². The molecule has 33 heavy (non-hydrogen) atoms. The van der Waals surface area contributed by atoms with Gasteiger partial charge in [0.15, 0.2) is 11.6 Å². The number of nitrogen functional groups attached to an aromatic ring is 1. The van der Waals surface area contributed by atoms with Crippen molar-refractivity contribution < 1.29 is 22.3 Å². The first-order chi connectivity index (χ1) is 15.7. The first kappa shape index (κ1) is 24.5. The van der Waals surface area contributed by atoms with Gasteiger partial charge >= 0.3 is 6.18 Å². The average Bonchev–Trinajstić information content (AvgIpc) is 2.81. The molecular formula is C23H27F4N5O. The Morgan fingerprint density at radius 3 is 2.42 bits per heavy atom. The largest absolute Gasteiger partial charge is 0.419 e. The molecule has 0 radical (unpaired) electrons. The quantitative estimate of drug-likeness (QED) is 0.410. The summed E-state index contributed by atoms with van der Waals surface area (Å²) in [6, 6.07) is 7.86. The Morgan fingerprint density at radius 2 is 1.76 bits per heavy atom. The molecule has 1 aliphatic heterocycles. The molecule has 0 unspecified atom stereocenters. The molecule has 1 aliphatic rings. The van der Waals surface area contributed by atoms with E-state index in [0.717, 1.165) is 41.3 Å². The fourth-order valence-corrected chi connectivity index (χ4v) is 3.63. The van der Waals surface area contributed by atoms with Gasteiger partial charge in [-0.15, -0.1) is 5.10 Å². The molecule has 2 aromatic carbocycles. The van der Waals surface area contributed by atoms with E-state index in [4.69, 9.17) is 10.5 Å². The Kier molecular flexibility index (Phi) is 7.57.